The number of methoxy groups -OCH3 is 2. The van der Waals surface area contributed by atoms with Gasteiger partial charge in [-0.2, -0.15) is 10.2 Å². The first kappa shape index (κ1) is 20.6. The standard InChI is InChI=1S/C23H22N4O3/c1-29-21-10-6-17(7-11-21)15-24-26-20-5-3-4-19(14-20)23(28)27-25-16-18-8-12-22(30-2)13-9-18/h3-16,26H,1-2H3,(H,27,28). The molecule has 3 rings (SSSR count). The molecule has 0 spiro atoms. The van der Waals surface area contributed by atoms with Crippen molar-refractivity contribution in [3.8, 4) is 11.5 Å². The lowest BCUT2D eigenvalue weighted by molar-refractivity contribution is 0.0955. The third kappa shape index (κ3) is 5.93. The summed E-state index contributed by atoms with van der Waals surface area (Å²) in [5.74, 6) is 1.23. The summed E-state index contributed by atoms with van der Waals surface area (Å²) in [6.07, 6.45) is 3.25. The summed E-state index contributed by atoms with van der Waals surface area (Å²) >= 11 is 0. The van der Waals surface area contributed by atoms with E-state index in [1.807, 2.05) is 54.6 Å². The molecule has 0 radical (unpaired) electrons. The number of hydrogen-bond donors (Lipinski definition) is 2. The zero-order valence-electron chi connectivity index (χ0n) is 16.7. The summed E-state index contributed by atoms with van der Waals surface area (Å²) in [5.41, 5.74) is 8.35. The van der Waals surface area contributed by atoms with Crippen molar-refractivity contribution in [2.45, 2.75) is 0 Å². The van der Waals surface area contributed by atoms with Crippen LogP contribution >= 0.6 is 0 Å². The summed E-state index contributed by atoms with van der Waals surface area (Å²) < 4.78 is 10.2. The van der Waals surface area contributed by atoms with Crippen molar-refractivity contribution in [3.63, 3.8) is 0 Å². The highest BCUT2D eigenvalue weighted by Gasteiger charge is 2.04. The molecule has 0 heterocycles. The van der Waals surface area contributed by atoms with Gasteiger partial charge in [-0.3, -0.25) is 10.2 Å². The van der Waals surface area contributed by atoms with Crippen LogP contribution in [0.5, 0.6) is 11.5 Å². The van der Waals surface area contributed by atoms with Crippen LogP contribution in [-0.2, 0) is 0 Å². The van der Waals surface area contributed by atoms with E-state index in [4.69, 9.17) is 9.47 Å². The van der Waals surface area contributed by atoms with Crippen molar-refractivity contribution in [2.75, 3.05) is 19.6 Å². The van der Waals surface area contributed by atoms with Gasteiger partial charge in [0.05, 0.1) is 32.3 Å². The molecule has 30 heavy (non-hydrogen) atoms. The highest BCUT2D eigenvalue weighted by molar-refractivity contribution is 5.95. The van der Waals surface area contributed by atoms with Crippen LogP contribution < -0.4 is 20.3 Å². The van der Waals surface area contributed by atoms with Gasteiger partial charge < -0.3 is 9.47 Å². The predicted molar refractivity (Wildman–Crippen MR) is 119 cm³/mol. The SMILES string of the molecule is COc1ccc(C=NNC(=O)c2cccc(NN=Cc3ccc(OC)cc3)c2)cc1. The number of hydrazone groups is 2. The Morgan fingerprint density at radius 2 is 1.37 bits per heavy atom. The van der Waals surface area contributed by atoms with Gasteiger partial charge in [-0.15, -0.1) is 0 Å². The molecule has 0 aliphatic heterocycles. The monoisotopic (exact) mass is 402 g/mol. The van der Waals surface area contributed by atoms with Crippen LogP contribution in [0.25, 0.3) is 0 Å². The van der Waals surface area contributed by atoms with Gasteiger partial charge in [-0.1, -0.05) is 6.07 Å². The molecule has 0 fully saturated rings. The van der Waals surface area contributed by atoms with Crippen LogP contribution in [0, 0.1) is 0 Å². The third-order valence-electron chi connectivity index (χ3n) is 4.14. The van der Waals surface area contributed by atoms with Crippen molar-refractivity contribution in [3.05, 3.63) is 89.5 Å². The minimum absolute atomic E-state index is 0.317. The predicted octanol–water partition coefficient (Wildman–Crippen LogP) is 3.91. The Balaban J connectivity index is 1.56. The first-order valence-electron chi connectivity index (χ1n) is 9.18. The summed E-state index contributed by atoms with van der Waals surface area (Å²) in [4.78, 5) is 12.3. The van der Waals surface area contributed by atoms with E-state index in [2.05, 4.69) is 21.1 Å². The third-order valence-corrected chi connectivity index (χ3v) is 4.14. The van der Waals surface area contributed by atoms with Crippen LogP contribution in [-0.4, -0.2) is 32.6 Å². The van der Waals surface area contributed by atoms with E-state index in [0.717, 1.165) is 22.6 Å². The highest BCUT2D eigenvalue weighted by Crippen LogP contribution is 2.12. The number of rotatable bonds is 8. The second-order valence-corrected chi connectivity index (χ2v) is 6.20. The lowest BCUT2D eigenvalue weighted by Crippen LogP contribution is -2.17. The molecule has 0 unspecified atom stereocenters. The van der Waals surface area contributed by atoms with E-state index in [0.29, 0.717) is 11.3 Å². The molecule has 2 N–H and O–H groups in total. The number of anilines is 1. The molecule has 0 atom stereocenters. The van der Waals surface area contributed by atoms with Crippen LogP contribution in [0.3, 0.4) is 0 Å². The minimum Gasteiger partial charge on any atom is -0.497 e. The van der Waals surface area contributed by atoms with Gasteiger partial charge in [-0.25, -0.2) is 5.43 Å². The molecule has 3 aromatic rings. The number of nitrogens with one attached hydrogen (secondary N) is 2. The van der Waals surface area contributed by atoms with Crippen molar-refractivity contribution in [1.82, 2.24) is 5.43 Å². The van der Waals surface area contributed by atoms with E-state index < -0.39 is 0 Å². The number of hydrogen-bond acceptors (Lipinski definition) is 6. The van der Waals surface area contributed by atoms with Gasteiger partial charge >= 0.3 is 0 Å². The fourth-order valence-electron chi connectivity index (χ4n) is 2.52. The van der Waals surface area contributed by atoms with E-state index in [-0.39, 0.29) is 5.91 Å². The topological polar surface area (TPSA) is 84.3 Å². The van der Waals surface area contributed by atoms with E-state index >= 15 is 0 Å². The lowest BCUT2D eigenvalue weighted by Gasteiger charge is -2.04. The van der Waals surface area contributed by atoms with Gasteiger partial charge in [0, 0.05) is 5.56 Å². The molecular weight excluding hydrogens is 380 g/mol. The van der Waals surface area contributed by atoms with Crippen molar-refractivity contribution in [1.29, 1.82) is 0 Å². The average Bonchev–Trinajstić information content (AvgIpc) is 2.80. The van der Waals surface area contributed by atoms with Gasteiger partial charge in [0.25, 0.3) is 5.91 Å². The smallest absolute Gasteiger partial charge is 0.271 e. The van der Waals surface area contributed by atoms with Gasteiger partial charge in [0.2, 0.25) is 0 Å². The fourth-order valence-corrected chi connectivity index (χ4v) is 2.52. The van der Waals surface area contributed by atoms with E-state index in [9.17, 15) is 4.79 Å². The highest BCUT2D eigenvalue weighted by atomic mass is 16.5. The van der Waals surface area contributed by atoms with Crippen molar-refractivity contribution >= 4 is 24.0 Å². The Kier molecular flexibility index (Phi) is 7.16. The lowest BCUT2D eigenvalue weighted by atomic mass is 10.2. The van der Waals surface area contributed by atoms with Crippen molar-refractivity contribution < 1.29 is 14.3 Å². The summed E-state index contributed by atoms with van der Waals surface area (Å²) in [7, 11) is 3.23. The van der Waals surface area contributed by atoms with Gasteiger partial charge in [0.15, 0.2) is 0 Å². The molecular formula is C23H22N4O3. The Labute approximate surface area is 175 Å². The number of ether oxygens (including phenoxy) is 2. The molecule has 0 aromatic heterocycles. The summed E-state index contributed by atoms with van der Waals surface area (Å²) in [5, 5.41) is 8.19. The normalized spacial score (nSPS) is 10.9. The Morgan fingerprint density at radius 3 is 1.93 bits per heavy atom. The molecule has 0 saturated heterocycles. The zero-order chi connectivity index (χ0) is 21.2. The second-order valence-electron chi connectivity index (χ2n) is 6.20. The molecule has 152 valence electrons. The van der Waals surface area contributed by atoms with E-state index in [1.165, 1.54) is 0 Å². The molecule has 3 aromatic carbocycles. The maximum atomic E-state index is 12.3. The molecule has 0 bridgehead atoms. The van der Waals surface area contributed by atoms with Crippen molar-refractivity contribution in [2.24, 2.45) is 10.2 Å². The van der Waals surface area contributed by atoms with Gasteiger partial charge in [0.1, 0.15) is 11.5 Å². The quantitative estimate of drug-likeness (QED) is 0.442. The summed E-state index contributed by atoms with van der Waals surface area (Å²) in [6.45, 7) is 0. The van der Waals surface area contributed by atoms with E-state index in [1.54, 1.807) is 44.8 Å². The summed E-state index contributed by atoms with van der Waals surface area (Å²) in [6, 6.07) is 21.9. The van der Waals surface area contributed by atoms with Crippen LogP contribution in [0.15, 0.2) is 83.0 Å². The molecule has 7 nitrogen and oxygen atoms in total. The Hall–Kier alpha value is -4.13. The maximum absolute atomic E-state index is 12.3. The average molecular weight is 402 g/mol. The molecule has 0 aliphatic rings. The number of nitrogens with zero attached hydrogens (tertiary/aromatic N) is 2. The maximum Gasteiger partial charge on any atom is 0.271 e. The molecule has 0 aliphatic carbocycles. The first-order chi connectivity index (χ1) is 14.7. The second kappa shape index (κ2) is 10.4. The molecule has 7 heteroatoms. The Bertz CT molecular complexity index is 1030. The van der Waals surface area contributed by atoms with Crippen LogP contribution in [0.4, 0.5) is 5.69 Å². The number of carbonyl (C=O) groups is 1. The minimum atomic E-state index is -0.317. The van der Waals surface area contributed by atoms with Gasteiger partial charge in [-0.05, 0) is 77.9 Å². The first-order valence-corrected chi connectivity index (χ1v) is 9.18. The number of benzene rings is 3. The largest absolute Gasteiger partial charge is 0.497 e. The molecule has 1 amide bonds. The fraction of sp³-hybridized carbons (Fsp3) is 0.0870. The zero-order valence-corrected chi connectivity index (χ0v) is 16.7. The van der Waals surface area contributed by atoms with Crippen LogP contribution in [0.1, 0.15) is 21.5 Å². The number of carbonyl (C=O) groups excluding carboxylic acids is 1. The number of amides is 1. The molecule has 0 saturated carbocycles. The van der Waals surface area contributed by atoms with Crippen LogP contribution in [0.2, 0.25) is 0 Å². The Morgan fingerprint density at radius 1 is 0.800 bits per heavy atom.